The van der Waals surface area contributed by atoms with E-state index in [1.807, 2.05) is 6.07 Å². The molecule has 7 nitrogen and oxygen atoms in total. The number of ether oxygens (including phenoxy) is 1. The van der Waals surface area contributed by atoms with Crippen LogP contribution < -0.4 is 10.6 Å². The van der Waals surface area contributed by atoms with Crippen molar-refractivity contribution in [2.24, 2.45) is 5.41 Å². The van der Waals surface area contributed by atoms with E-state index < -0.39 is 17.5 Å². The Kier molecular flexibility index (Phi) is 5.56. The number of carboxylic acid groups (broad SMARTS) is 1. The molecule has 1 atom stereocenters. The van der Waals surface area contributed by atoms with Gasteiger partial charge in [-0.25, -0.2) is 0 Å². The van der Waals surface area contributed by atoms with Gasteiger partial charge in [-0.3, -0.25) is 14.4 Å². The van der Waals surface area contributed by atoms with Crippen molar-refractivity contribution in [1.82, 2.24) is 5.32 Å². The predicted molar refractivity (Wildman–Crippen MR) is 94.4 cm³/mol. The summed E-state index contributed by atoms with van der Waals surface area (Å²) in [4.78, 5) is 35.5. The molecule has 1 heterocycles. The minimum Gasteiger partial charge on any atom is -0.481 e. The molecule has 1 unspecified atom stereocenters. The molecule has 3 rings (SSSR count). The summed E-state index contributed by atoms with van der Waals surface area (Å²) < 4.78 is 5.36. The molecule has 2 aliphatic rings. The number of benzene rings is 1. The third-order valence-corrected chi connectivity index (χ3v) is 5.17. The highest BCUT2D eigenvalue weighted by Crippen LogP contribution is 2.44. The molecule has 0 aromatic heterocycles. The maximum atomic E-state index is 12.1. The van der Waals surface area contributed by atoms with Gasteiger partial charge in [-0.2, -0.15) is 0 Å². The molecule has 140 valence electrons. The highest BCUT2D eigenvalue weighted by atomic mass is 16.5. The van der Waals surface area contributed by atoms with Gasteiger partial charge in [-0.15, -0.1) is 0 Å². The number of hydrogen-bond donors (Lipinski definition) is 3. The molecule has 1 aromatic carbocycles. The number of anilines is 1. The normalized spacial score (nSPS) is 20.8. The molecular weight excluding hydrogens is 336 g/mol. The molecule has 1 aliphatic heterocycles. The summed E-state index contributed by atoms with van der Waals surface area (Å²) in [5.41, 5.74) is 0.598. The number of rotatable bonds is 7. The summed E-state index contributed by atoms with van der Waals surface area (Å²) in [6.07, 6.45) is 3.20. The first-order valence-corrected chi connectivity index (χ1v) is 9.00. The maximum absolute atomic E-state index is 12.1. The van der Waals surface area contributed by atoms with Gasteiger partial charge in [-0.1, -0.05) is 18.6 Å². The molecule has 1 aliphatic carbocycles. The van der Waals surface area contributed by atoms with Crippen molar-refractivity contribution < 1.29 is 24.2 Å². The first kappa shape index (κ1) is 18.4. The van der Waals surface area contributed by atoms with Gasteiger partial charge in [0.25, 0.3) is 5.91 Å². The van der Waals surface area contributed by atoms with Gasteiger partial charge < -0.3 is 20.5 Å². The smallest absolute Gasteiger partial charge is 0.310 e. The average Bonchev–Trinajstić information content (AvgIpc) is 3.11. The second-order valence-electron chi connectivity index (χ2n) is 7.08. The van der Waals surface area contributed by atoms with Gasteiger partial charge in [0.15, 0.2) is 0 Å². The lowest BCUT2D eigenvalue weighted by atomic mass is 9.66. The number of amides is 2. The Balaban J connectivity index is 1.51. The van der Waals surface area contributed by atoms with Crippen LogP contribution in [-0.4, -0.2) is 35.6 Å². The van der Waals surface area contributed by atoms with E-state index in [4.69, 9.17) is 4.74 Å². The maximum Gasteiger partial charge on any atom is 0.310 e. The number of aliphatic carboxylic acids is 1. The molecule has 1 aromatic rings. The second kappa shape index (κ2) is 7.86. The molecule has 0 bridgehead atoms. The fourth-order valence-electron chi connectivity index (χ4n) is 3.41. The number of carbonyl (C=O) groups is 3. The molecule has 3 N–H and O–H groups in total. The molecule has 2 amide bonds. The van der Waals surface area contributed by atoms with Gasteiger partial charge in [0.05, 0.1) is 5.41 Å². The quantitative estimate of drug-likeness (QED) is 0.690. The molecule has 1 saturated carbocycles. The minimum atomic E-state index is -0.891. The van der Waals surface area contributed by atoms with E-state index in [0.717, 1.165) is 24.8 Å². The highest BCUT2D eigenvalue weighted by Gasteiger charge is 2.45. The SMILES string of the molecule is O=C(CC1(C(=O)O)CCC1)NCc1cccc(NC(=O)C2CCCO2)c1. The topological polar surface area (TPSA) is 105 Å². The lowest BCUT2D eigenvalue weighted by Gasteiger charge is -2.36. The van der Waals surface area contributed by atoms with E-state index in [0.29, 0.717) is 25.1 Å². The van der Waals surface area contributed by atoms with E-state index >= 15 is 0 Å². The fraction of sp³-hybridized carbons (Fsp3) is 0.526. The third-order valence-electron chi connectivity index (χ3n) is 5.17. The number of nitrogens with one attached hydrogen (secondary N) is 2. The van der Waals surface area contributed by atoms with E-state index in [1.165, 1.54) is 0 Å². The predicted octanol–water partition coefficient (Wildman–Crippen LogP) is 2.07. The van der Waals surface area contributed by atoms with Crippen molar-refractivity contribution >= 4 is 23.5 Å². The zero-order valence-corrected chi connectivity index (χ0v) is 14.6. The molecule has 1 saturated heterocycles. The Morgan fingerprint density at radius 3 is 2.65 bits per heavy atom. The molecule has 2 fully saturated rings. The zero-order valence-electron chi connectivity index (χ0n) is 14.6. The monoisotopic (exact) mass is 360 g/mol. The van der Waals surface area contributed by atoms with Gasteiger partial charge in [0, 0.05) is 25.3 Å². The highest BCUT2D eigenvalue weighted by molar-refractivity contribution is 5.94. The second-order valence-corrected chi connectivity index (χ2v) is 7.08. The van der Waals surface area contributed by atoms with Crippen LogP contribution in [0.15, 0.2) is 24.3 Å². The van der Waals surface area contributed by atoms with Gasteiger partial charge in [0.1, 0.15) is 6.10 Å². The molecule has 26 heavy (non-hydrogen) atoms. The number of hydrogen-bond acceptors (Lipinski definition) is 4. The van der Waals surface area contributed by atoms with Crippen molar-refractivity contribution in [3.8, 4) is 0 Å². The summed E-state index contributed by atoms with van der Waals surface area (Å²) in [7, 11) is 0. The van der Waals surface area contributed by atoms with Crippen molar-refractivity contribution in [2.45, 2.75) is 51.2 Å². The third kappa shape index (κ3) is 4.22. The zero-order chi connectivity index (χ0) is 18.6. The van der Waals surface area contributed by atoms with E-state index in [1.54, 1.807) is 18.2 Å². The standard InChI is InChI=1S/C19H24N2O5/c22-16(11-19(18(24)25)7-3-8-19)20-12-13-4-1-5-14(10-13)21-17(23)15-6-2-9-26-15/h1,4-5,10,15H,2-3,6-9,11-12H2,(H,20,22)(H,21,23)(H,24,25). The molecule has 0 radical (unpaired) electrons. The number of carbonyl (C=O) groups excluding carboxylic acids is 2. The molecular formula is C19H24N2O5. The van der Waals surface area contributed by atoms with Crippen molar-refractivity contribution in [3.63, 3.8) is 0 Å². The Hall–Kier alpha value is -2.41. The van der Waals surface area contributed by atoms with Crippen LogP contribution in [0.5, 0.6) is 0 Å². The lowest BCUT2D eigenvalue weighted by molar-refractivity contribution is -0.157. The van der Waals surface area contributed by atoms with Crippen LogP contribution in [-0.2, 0) is 25.7 Å². The first-order valence-electron chi connectivity index (χ1n) is 9.00. The Morgan fingerprint density at radius 1 is 1.23 bits per heavy atom. The largest absolute Gasteiger partial charge is 0.481 e. The Labute approximate surface area is 152 Å². The summed E-state index contributed by atoms with van der Waals surface area (Å²) >= 11 is 0. The fourth-order valence-corrected chi connectivity index (χ4v) is 3.41. The number of carboxylic acids is 1. The van der Waals surface area contributed by atoms with Crippen LogP contribution in [0.3, 0.4) is 0 Å². The summed E-state index contributed by atoms with van der Waals surface area (Å²) in [5, 5.41) is 14.9. The summed E-state index contributed by atoms with van der Waals surface area (Å²) in [6.45, 7) is 0.903. The Morgan fingerprint density at radius 2 is 2.04 bits per heavy atom. The van der Waals surface area contributed by atoms with Gasteiger partial charge in [0.2, 0.25) is 5.91 Å². The van der Waals surface area contributed by atoms with Crippen molar-refractivity contribution in [2.75, 3.05) is 11.9 Å². The van der Waals surface area contributed by atoms with E-state index in [-0.39, 0.29) is 24.8 Å². The molecule has 7 heteroatoms. The summed E-state index contributed by atoms with van der Waals surface area (Å²) in [5.74, 6) is -1.31. The lowest BCUT2D eigenvalue weighted by Crippen LogP contribution is -2.42. The van der Waals surface area contributed by atoms with Crippen LogP contribution in [0.1, 0.15) is 44.1 Å². The van der Waals surface area contributed by atoms with Crippen molar-refractivity contribution in [1.29, 1.82) is 0 Å². The van der Waals surface area contributed by atoms with E-state index in [2.05, 4.69) is 10.6 Å². The van der Waals surface area contributed by atoms with Crippen LogP contribution in [0.25, 0.3) is 0 Å². The van der Waals surface area contributed by atoms with Crippen LogP contribution in [0.2, 0.25) is 0 Å². The minimum absolute atomic E-state index is 0.0117. The molecule has 0 spiro atoms. The van der Waals surface area contributed by atoms with Crippen LogP contribution in [0.4, 0.5) is 5.69 Å². The summed E-state index contributed by atoms with van der Waals surface area (Å²) in [6, 6.07) is 7.23. The Bertz CT molecular complexity index is 693. The van der Waals surface area contributed by atoms with Gasteiger partial charge >= 0.3 is 5.97 Å². The first-order chi connectivity index (χ1) is 12.5. The van der Waals surface area contributed by atoms with Crippen LogP contribution >= 0.6 is 0 Å². The van der Waals surface area contributed by atoms with E-state index in [9.17, 15) is 19.5 Å². The van der Waals surface area contributed by atoms with Gasteiger partial charge in [-0.05, 0) is 43.4 Å². The van der Waals surface area contributed by atoms with Crippen LogP contribution in [0, 0.1) is 5.41 Å². The van der Waals surface area contributed by atoms with Crippen molar-refractivity contribution in [3.05, 3.63) is 29.8 Å². The average molecular weight is 360 g/mol.